The quantitative estimate of drug-likeness (QED) is 0.254. The van der Waals surface area contributed by atoms with Gasteiger partial charge in [0.15, 0.2) is 0 Å². The van der Waals surface area contributed by atoms with Gasteiger partial charge in [-0.05, 0) is 62.5 Å². The number of ether oxygens (including phenoxy) is 1. The number of thiophene rings is 1. The van der Waals surface area contributed by atoms with E-state index >= 15 is 0 Å². The van der Waals surface area contributed by atoms with Crippen molar-refractivity contribution in [2.75, 3.05) is 11.9 Å². The maximum absolute atomic E-state index is 12.7. The topological polar surface area (TPSA) is 75.0 Å². The molecule has 2 aromatic heterocycles. The van der Waals surface area contributed by atoms with Crippen LogP contribution in [0.3, 0.4) is 0 Å². The van der Waals surface area contributed by atoms with E-state index in [1.165, 1.54) is 53.9 Å². The first-order valence-electron chi connectivity index (χ1n) is 12.9. The zero-order valence-electron chi connectivity index (χ0n) is 20.6. The molecule has 0 bridgehead atoms. The fraction of sp³-hybridized carbons (Fsp3) is 0.414. The van der Waals surface area contributed by atoms with Crippen molar-refractivity contribution in [1.82, 2.24) is 4.98 Å². The normalized spacial score (nSPS) is 16.3. The van der Waals surface area contributed by atoms with Crippen molar-refractivity contribution < 1.29 is 9.53 Å². The number of benzene rings is 1. The average Bonchev–Trinajstić information content (AvgIpc) is 3.55. The second-order valence-electron chi connectivity index (χ2n) is 9.44. The third kappa shape index (κ3) is 5.25. The van der Waals surface area contributed by atoms with Crippen molar-refractivity contribution in [3.05, 3.63) is 62.4 Å². The van der Waals surface area contributed by atoms with Crippen LogP contribution in [-0.2, 0) is 17.6 Å². The number of aromatic nitrogens is 1. The molecule has 36 heavy (non-hydrogen) atoms. The lowest BCUT2D eigenvalue weighted by Gasteiger charge is -2.22. The molecular formula is C29H31N3O2S2. The summed E-state index contributed by atoms with van der Waals surface area (Å²) in [7, 11) is 0. The summed E-state index contributed by atoms with van der Waals surface area (Å²) >= 11 is 3.06. The van der Waals surface area contributed by atoms with Crippen LogP contribution in [-0.4, -0.2) is 17.6 Å². The van der Waals surface area contributed by atoms with Crippen LogP contribution in [0.15, 0.2) is 35.8 Å². The minimum Gasteiger partial charge on any atom is -0.462 e. The number of hydrogen-bond acceptors (Lipinski definition) is 7. The van der Waals surface area contributed by atoms with Gasteiger partial charge in [-0.1, -0.05) is 43.5 Å². The van der Waals surface area contributed by atoms with E-state index in [1.807, 2.05) is 12.3 Å². The van der Waals surface area contributed by atoms with Crippen molar-refractivity contribution in [1.29, 1.82) is 5.26 Å². The van der Waals surface area contributed by atoms with Crippen LogP contribution in [0, 0.1) is 11.3 Å². The molecule has 0 atom stereocenters. The van der Waals surface area contributed by atoms with Gasteiger partial charge in [0.05, 0.1) is 17.9 Å². The van der Waals surface area contributed by atoms with Gasteiger partial charge >= 0.3 is 5.97 Å². The summed E-state index contributed by atoms with van der Waals surface area (Å²) in [5, 5.41) is 16.5. The minimum atomic E-state index is -0.292. The Morgan fingerprint density at radius 2 is 1.94 bits per heavy atom. The first-order chi connectivity index (χ1) is 17.7. The number of rotatable bonds is 7. The number of nitriles is 1. The van der Waals surface area contributed by atoms with Crippen LogP contribution in [0.1, 0.15) is 89.2 Å². The molecule has 1 fully saturated rings. The number of carbonyl (C=O) groups excluding carboxylic acids is 1. The van der Waals surface area contributed by atoms with Crippen LogP contribution >= 0.6 is 22.7 Å². The molecule has 1 N–H and O–H groups in total. The molecule has 5 rings (SSSR count). The highest BCUT2D eigenvalue weighted by atomic mass is 32.1. The van der Waals surface area contributed by atoms with Gasteiger partial charge in [-0.25, -0.2) is 9.78 Å². The highest BCUT2D eigenvalue weighted by Gasteiger charge is 2.26. The monoisotopic (exact) mass is 517 g/mol. The van der Waals surface area contributed by atoms with Crippen LogP contribution < -0.4 is 5.32 Å². The molecule has 1 aromatic carbocycles. The summed E-state index contributed by atoms with van der Waals surface area (Å²) in [4.78, 5) is 18.7. The van der Waals surface area contributed by atoms with E-state index in [1.54, 1.807) is 17.5 Å². The fourth-order valence-electron chi connectivity index (χ4n) is 5.26. The predicted octanol–water partition coefficient (Wildman–Crippen LogP) is 7.95. The van der Waals surface area contributed by atoms with Gasteiger partial charge in [0.2, 0.25) is 0 Å². The number of esters is 1. The van der Waals surface area contributed by atoms with Crippen molar-refractivity contribution in [3.63, 3.8) is 0 Å². The largest absolute Gasteiger partial charge is 0.462 e. The Balaban J connectivity index is 1.35. The van der Waals surface area contributed by atoms with E-state index in [2.05, 4.69) is 35.7 Å². The number of anilines is 1. The number of carbonyl (C=O) groups is 1. The number of thiazole rings is 1. The molecule has 2 aliphatic carbocycles. The van der Waals surface area contributed by atoms with E-state index in [0.717, 1.165) is 47.5 Å². The van der Waals surface area contributed by atoms with Gasteiger partial charge in [0, 0.05) is 22.0 Å². The van der Waals surface area contributed by atoms with E-state index in [0.29, 0.717) is 28.7 Å². The average molecular weight is 518 g/mol. The lowest BCUT2D eigenvalue weighted by Crippen LogP contribution is -2.10. The Labute approximate surface area is 220 Å². The molecule has 5 nitrogen and oxygen atoms in total. The molecule has 0 spiro atoms. The summed E-state index contributed by atoms with van der Waals surface area (Å²) in [6.07, 6.45) is 12.4. The van der Waals surface area contributed by atoms with Crippen LogP contribution in [0.2, 0.25) is 0 Å². The summed E-state index contributed by atoms with van der Waals surface area (Å²) in [6.45, 7) is 2.16. The number of nitrogens with zero attached hydrogens (tertiary/aromatic N) is 2. The Hall–Kier alpha value is -2.95. The Morgan fingerprint density at radius 1 is 1.17 bits per heavy atom. The highest BCUT2D eigenvalue weighted by molar-refractivity contribution is 7.16. The van der Waals surface area contributed by atoms with Crippen molar-refractivity contribution in [2.45, 2.75) is 70.6 Å². The van der Waals surface area contributed by atoms with Crippen LogP contribution in [0.25, 0.3) is 16.8 Å². The number of allylic oxidation sites excluding steroid dienone is 1. The molecule has 2 aliphatic rings. The first kappa shape index (κ1) is 24.7. The zero-order chi connectivity index (χ0) is 24.9. The predicted molar refractivity (Wildman–Crippen MR) is 148 cm³/mol. The van der Waals surface area contributed by atoms with Gasteiger partial charge in [-0.15, -0.1) is 22.7 Å². The molecule has 1 saturated carbocycles. The Morgan fingerprint density at radius 3 is 2.69 bits per heavy atom. The highest BCUT2D eigenvalue weighted by Crippen LogP contribution is 2.39. The molecule has 0 radical (unpaired) electrons. The van der Waals surface area contributed by atoms with Crippen LogP contribution in [0.4, 0.5) is 5.00 Å². The maximum Gasteiger partial charge on any atom is 0.341 e. The number of fused-ring (bicyclic) bond motifs is 1. The van der Waals surface area contributed by atoms with Gasteiger partial charge in [0.1, 0.15) is 21.7 Å². The number of hydrogen-bond donors (Lipinski definition) is 1. The molecule has 0 amide bonds. The molecule has 7 heteroatoms. The van der Waals surface area contributed by atoms with E-state index in [4.69, 9.17) is 9.72 Å². The lowest BCUT2D eigenvalue weighted by atomic mass is 9.84. The van der Waals surface area contributed by atoms with Crippen molar-refractivity contribution >= 4 is 39.2 Å². The summed E-state index contributed by atoms with van der Waals surface area (Å²) in [5.41, 5.74) is 5.55. The van der Waals surface area contributed by atoms with E-state index < -0.39 is 0 Å². The standard InChI is InChI=1S/C29H31N3O2S2/c1-2-34-29(33)26-23-10-6-7-11-25(23)36-28(26)31-17-22(16-30)27-32-24(18-35-27)21-14-12-20(13-15-21)19-8-4-3-5-9-19/h12-15,17-19,31H,2-11H2,1H3. The fourth-order valence-corrected chi connectivity index (χ4v) is 7.30. The molecule has 3 aromatic rings. The zero-order valence-corrected chi connectivity index (χ0v) is 22.3. The van der Waals surface area contributed by atoms with Gasteiger partial charge < -0.3 is 10.1 Å². The smallest absolute Gasteiger partial charge is 0.341 e. The maximum atomic E-state index is 12.7. The summed E-state index contributed by atoms with van der Waals surface area (Å²) < 4.78 is 5.34. The summed E-state index contributed by atoms with van der Waals surface area (Å²) in [5.74, 6) is 0.389. The van der Waals surface area contributed by atoms with Crippen molar-refractivity contribution in [2.24, 2.45) is 0 Å². The van der Waals surface area contributed by atoms with E-state index in [-0.39, 0.29) is 5.97 Å². The van der Waals surface area contributed by atoms with Gasteiger partial charge in [-0.3, -0.25) is 0 Å². The molecule has 0 aliphatic heterocycles. The lowest BCUT2D eigenvalue weighted by molar-refractivity contribution is 0.0526. The summed E-state index contributed by atoms with van der Waals surface area (Å²) in [6, 6.07) is 11.1. The molecule has 0 unspecified atom stereocenters. The second kappa shape index (κ2) is 11.4. The van der Waals surface area contributed by atoms with Gasteiger partial charge in [0.25, 0.3) is 0 Å². The van der Waals surface area contributed by atoms with Gasteiger partial charge in [-0.2, -0.15) is 5.26 Å². The van der Waals surface area contributed by atoms with E-state index in [9.17, 15) is 10.1 Å². The third-order valence-corrected chi connectivity index (χ3v) is 9.24. The molecule has 186 valence electrons. The minimum absolute atomic E-state index is 0.292. The second-order valence-corrected chi connectivity index (χ2v) is 11.4. The van der Waals surface area contributed by atoms with Crippen LogP contribution in [0.5, 0.6) is 0 Å². The van der Waals surface area contributed by atoms with Crippen molar-refractivity contribution in [3.8, 4) is 17.3 Å². The first-order valence-corrected chi connectivity index (χ1v) is 14.6. The SMILES string of the molecule is CCOC(=O)c1c(NC=C(C#N)c2nc(-c3ccc(C4CCCCC4)cc3)cs2)sc2c1CCCC2. The third-order valence-electron chi connectivity index (χ3n) is 7.14. The molecule has 2 heterocycles. The molecule has 0 saturated heterocycles. The molecular weight excluding hydrogens is 486 g/mol. The Bertz CT molecular complexity index is 1290. The Kier molecular flexibility index (Phi) is 7.84. The number of aryl methyl sites for hydroxylation is 1. The number of nitrogens with one attached hydrogen (secondary N) is 1.